The average Bonchev–Trinajstić information content (AvgIpc) is 2.52. The summed E-state index contributed by atoms with van der Waals surface area (Å²) in [6.45, 7) is 0.686. The first-order valence-electron chi connectivity index (χ1n) is 5.68. The van der Waals surface area contributed by atoms with Crippen LogP contribution in [0.1, 0.15) is 13.3 Å². The van der Waals surface area contributed by atoms with Gasteiger partial charge in [0.1, 0.15) is 15.1 Å². The summed E-state index contributed by atoms with van der Waals surface area (Å²) in [5, 5.41) is -3.19. The SMILES string of the molecule is CC[C-](S(=O)(=O)C1C(F)C(F)C(F)C1F)S(=O)(=O)C(F)(F)F. The molecule has 0 N–H and O–H groups in total. The number of rotatable bonds is 4. The zero-order valence-corrected chi connectivity index (χ0v) is 12.3. The summed E-state index contributed by atoms with van der Waals surface area (Å²) in [6, 6.07) is 0. The van der Waals surface area contributed by atoms with Gasteiger partial charge in [0.15, 0.2) is 24.7 Å². The van der Waals surface area contributed by atoms with Gasteiger partial charge in [-0.2, -0.15) is 19.6 Å². The molecule has 1 aliphatic rings. The maximum Gasteiger partial charge on any atom is 0.469 e. The molecule has 4 unspecified atom stereocenters. The first-order valence-corrected chi connectivity index (χ1v) is 8.71. The van der Waals surface area contributed by atoms with Gasteiger partial charge >= 0.3 is 5.51 Å². The second-order valence-corrected chi connectivity index (χ2v) is 8.81. The summed E-state index contributed by atoms with van der Waals surface area (Å²) in [7, 11) is -12.2. The van der Waals surface area contributed by atoms with Crippen LogP contribution in [-0.2, 0) is 19.7 Å². The zero-order chi connectivity index (χ0) is 17.7. The molecule has 13 heteroatoms. The van der Waals surface area contributed by atoms with E-state index in [2.05, 4.69) is 0 Å². The predicted molar refractivity (Wildman–Crippen MR) is 60.8 cm³/mol. The van der Waals surface area contributed by atoms with Crippen LogP contribution in [0.5, 0.6) is 0 Å². The van der Waals surface area contributed by atoms with Crippen molar-refractivity contribution in [3.05, 3.63) is 4.58 Å². The number of alkyl halides is 7. The molecule has 132 valence electrons. The minimum Gasteiger partial charge on any atom is -0.261 e. The molecule has 0 amide bonds. The Morgan fingerprint density at radius 1 is 0.864 bits per heavy atom. The van der Waals surface area contributed by atoms with E-state index in [1.807, 2.05) is 0 Å². The van der Waals surface area contributed by atoms with Gasteiger partial charge in [0.05, 0.1) is 0 Å². The third kappa shape index (κ3) is 2.81. The maximum atomic E-state index is 13.4. The maximum absolute atomic E-state index is 13.4. The highest BCUT2D eigenvalue weighted by atomic mass is 32.3. The van der Waals surface area contributed by atoms with Crippen LogP contribution in [0.3, 0.4) is 0 Å². The van der Waals surface area contributed by atoms with Gasteiger partial charge in [-0.1, -0.05) is 11.5 Å². The Kier molecular flexibility index (Phi) is 5.13. The summed E-state index contributed by atoms with van der Waals surface area (Å²) in [4.78, 5) is 0. The predicted octanol–water partition coefficient (Wildman–Crippen LogP) is 1.97. The highest BCUT2D eigenvalue weighted by molar-refractivity contribution is 8.13. The van der Waals surface area contributed by atoms with E-state index in [1.54, 1.807) is 0 Å². The van der Waals surface area contributed by atoms with Gasteiger partial charge in [0.2, 0.25) is 0 Å². The number of hydrogen-bond acceptors (Lipinski definition) is 4. The summed E-state index contributed by atoms with van der Waals surface area (Å²) < 4.78 is 134. The third-order valence-electron chi connectivity index (χ3n) is 3.11. The monoisotopic (exact) mass is 379 g/mol. The quantitative estimate of drug-likeness (QED) is 0.553. The molecule has 0 aromatic rings. The van der Waals surface area contributed by atoms with E-state index < -0.39 is 66.1 Å². The Balaban J connectivity index is 3.40. The Labute approximate surface area is 121 Å². The molecule has 0 bridgehead atoms. The molecule has 0 heterocycles. The second-order valence-electron chi connectivity index (χ2n) is 4.46. The van der Waals surface area contributed by atoms with Crippen LogP contribution in [0.25, 0.3) is 0 Å². The number of halogens is 7. The van der Waals surface area contributed by atoms with Crippen molar-refractivity contribution < 1.29 is 47.6 Å². The van der Waals surface area contributed by atoms with Crippen LogP contribution < -0.4 is 0 Å². The molecule has 0 aromatic carbocycles. The van der Waals surface area contributed by atoms with Crippen molar-refractivity contribution in [2.75, 3.05) is 0 Å². The minimum absolute atomic E-state index is 0.686. The first kappa shape index (κ1) is 19.5. The van der Waals surface area contributed by atoms with E-state index in [0.717, 1.165) is 0 Å². The third-order valence-corrected chi connectivity index (χ3v) is 8.12. The molecular formula is C9H10F7O4S2-. The van der Waals surface area contributed by atoms with Crippen molar-refractivity contribution in [2.24, 2.45) is 0 Å². The molecule has 0 radical (unpaired) electrons. The van der Waals surface area contributed by atoms with Gasteiger partial charge in [-0.25, -0.2) is 17.6 Å². The molecule has 0 aromatic heterocycles. The van der Waals surface area contributed by atoms with E-state index in [-0.39, 0.29) is 0 Å². The summed E-state index contributed by atoms with van der Waals surface area (Å²) >= 11 is 0. The first-order chi connectivity index (χ1) is 9.71. The number of sulfone groups is 2. The van der Waals surface area contributed by atoms with Gasteiger partial charge in [-0.05, 0) is 0 Å². The molecule has 22 heavy (non-hydrogen) atoms. The van der Waals surface area contributed by atoms with Gasteiger partial charge in [0.25, 0.3) is 0 Å². The van der Waals surface area contributed by atoms with E-state index in [1.165, 1.54) is 0 Å². The second kappa shape index (κ2) is 5.80. The smallest absolute Gasteiger partial charge is 0.261 e. The van der Waals surface area contributed by atoms with Gasteiger partial charge in [-0.15, -0.1) is 0 Å². The standard InChI is InChI=1S/C9H10F7O4S2/c1-2-3(22(19,20)9(14,15)16)21(17,18)8-6(12)4(10)5(11)7(8)13/h4-8H,2H2,1H3/q-1. The Morgan fingerprint density at radius 3 is 1.50 bits per heavy atom. The van der Waals surface area contributed by atoms with E-state index in [4.69, 9.17) is 0 Å². The van der Waals surface area contributed by atoms with Crippen molar-refractivity contribution in [3.8, 4) is 0 Å². The van der Waals surface area contributed by atoms with Crippen molar-refractivity contribution in [2.45, 2.75) is 48.8 Å². The normalized spacial score (nSPS) is 34.3. The fourth-order valence-corrected chi connectivity index (χ4v) is 6.23. The largest absolute Gasteiger partial charge is 0.469 e. The number of hydrogen-bond donors (Lipinski definition) is 0. The molecular weight excluding hydrogens is 369 g/mol. The summed E-state index contributed by atoms with van der Waals surface area (Å²) in [5.41, 5.74) is -6.04. The highest BCUT2D eigenvalue weighted by Gasteiger charge is 2.59. The van der Waals surface area contributed by atoms with Crippen molar-refractivity contribution >= 4 is 19.7 Å². The molecule has 0 saturated heterocycles. The molecule has 1 fully saturated rings. The van der Waals surface area contributed by atoms with E-state index in [0.29, 0.717) is 6.92 Å². The Hall–Kier alpha value is -0.590. The highest BCUT2D eigenvalue weighted by Crippen LogP contribution is 2.43. The molecule has 1 aliphatic carbocycles. The lowest BCUT2D eigenvalue weighted by Gasteiger charge is -2.33. The van der Waals surface area contributed by atoms with Crippen LogP contribution in [0, 0.1) is 4.58 Å². The van der Waals surface area contributed by atoms with Crippen LogP contribution >= 0.6 is 0 Å². The fourth-order valence-electron chi connectivity index (χ4n) is 2.06. The molecule has 0 spiro atoms. The Morgan fingerprint density at radius 2 is 1.23 bits per heavy atom. The fraction of sp³-hybridized carbons (Fsp3) is 0.889. The lowest BCUT2D eigenvalue weighted by Crippen LogP contribution is -2.43. The minimum atomic E-state index is -6.42. The topological polar surface area (TPSA) is 68.3 Å². The lowest BCUT2D eigenvalue weighted by atomic mass is 10.3. The molecule has 4 nitrogen and oxygen atoms in total. The Bertz CT molecular complexity index is 600. The van der Waals surface area contributed by atoms with Crippen LogP contribution in [0.15, 0.2) is 0 Å². The van der Waals surface area contributed by atoms with Crippen molar-refractivity contribution in [1.29, 1.82) is 0 Å². The molecule has 1 rings (SSSR count). The van der Waals surface area contributed by atoms with Crippen LogP contribution in [0.2, 0.25) is 0 Å². The summed E-state index contributed by atoms with van der Waals surface area (Å²) in [6.07, 6.45) is -14.4. The van der Waals surface area contributed by atoms with Crippen LogP contribution in [0.4, 0.5) is 30.7 Å². The lowest BCUT2D eigenvalue weighted by molar-refractivity contribution is -0.0431. The molecule has 1 saturated carbocycles. The molecule has 0 aliphatic heterocycles. The summed E-state index contributed by atoms with van der Waals surface area (Å²) in [5.74, 6) is 0. The van der Waals surface area contributed by atoms with Gasteiger partial charge in [-0.3, -0.25) is 16.8 Å². The van der Waals surface area contributed by atoms with Crippen LogP contribution in [-0.4, -0.2) is 52.3 Å². The van der Waals surface area contributed by atoms with E-state index in [9.17, 15) is 47.6 Å². The van der Waals surface area contributed by atoms with Gasteiger partial charge in [0, 0.05) is 9.84 Å². The molecule has 4 atom stereocenters. The van der Waals surface area contributed by atoms with Gasteiger partial charge < -0.3 is 0 Å². The zero-order valence-electron chi connectivity index (χ0n) is 10.7. The van der Waals surface area contributed by atoms with Crippen molar-refractivity contribution in [1.82, 2.24) is 0 Å². The van der Waals surface area contributed by atoms with E-state index >= 15 is 0 Å². The van der Waals surface area contributed by atoms with Crippen molar-refractivity contribution in [3.63, 3.8) is 0 Å². The average molecular weight is 379 g/mol.